The highest BCUT2D eigenvalue weighted by Crippen LogP contribution is 2.29. The number of nitrogens with one attached hydrogen (secondary N) is 1. The minimum absolute atomic E-state index is 0.00266. The molecule has 0 aliphatic rings. The summed E-state index contributed by atoms with van der Waals surface area (Å²) in [5.41, 5.74) is 4.81. The summed E-state index contributed by atoms with van der Waals surface area (Å²) in [4.78, 5) is 0. The van der Waals surface area contributed by atoms with Crippen LogP contribution in [0.2, 0.25) is 0 Å². The third-order valence-electron chi connectivity index (χ3n) is 3.82. The molecular weight excluding hydrogens is 252 g/mol. The molecule has 1 heterocycles. The Kier molecular flexibility index (Phi) is 4.48. The lowest BCUT2D eigenvalue weighted by Gasteiger charge is -2.24. The first kappa shape index (κ1) is 15.0. The first-order valence-corrected chi connectivity index (χ1v) is 6.96. The maximum atomic E-state index is 5.89. The summed E-state index contributed by atoms with van der Waals surface area (Å²) in [7, 11) is 1.73. The number of benzene rings is 1. The van der Waals surface area contributed by atoms with E-state index in [0.29, 0.717) is 0 Å². The Morgan fingerprint density at radius 2 is 2.10 bits per heavy atom. The van der Waals surface area contributed by atoms with Crippen molar-refractivity contribution >= 4 is 11.0 Å². The van der Waals surface area contributed by atoms with Crippen LogP contribution < -0.4 is 11.3 Å². The fraction of sp³-hybridized carbons (Fsp3) is 0.500. The van der Waals surface area contributed by atoms with Crippen LogP contribution in [0.4, 0.5) is 0 Å². The number of furan rings is 1. The number of hydrogen-bond acceptors (Lipinski definition) is 4. The quantitative estimate of drug-likeness (QED) is 0.626. The highest BCUT2D eigenvalue weighted by molar-refractivity contribution is 5.78. The summed E-state index contributed by atoms with van der Waals surface area (Å²) >= 11 is 0. The van der Waals surface area contributed by atoms with Crippen LogP contribution >= 0.6 is 0 Å². The molecule has 1 aromatic carbocycles. The van der Waals surface area contributed by atoms with Gasteiger partial charge in [0.25, 0.3) is 0 Å². The van der Waals surface area contributed by atoms with Crippen LogP contribution in [0, 0.1) is 6.92 Å². The molecular formula is C16H24N2O2. The standard InChI is InChI=1S/C16H24N2O2/c1-11-5-6-14-12(9-11)10-15(20-14)13(18-17)7-8-16(2,3)19-4/h5-6,9-10,13,18H,7-8,17H2,1-4H3. The average molecular weight is 276 g/mol. The van der Waals surface area contributed by atoms with Crippen LogP contribution in [0.3, 0.4) is 0 Å². The molecule has 110 valence electrons. The average Bonchev–Trinajstić information content (AvgIpc) is 2.82. The summed E-state index contributed by atoms with van der Waals surface area (Å²) in [5.74, 6) is 6.55. The number of rotatable bonds is 6. The number of fused-ring (bicyclic) bond motifs is 1. The van der Waals surface area contributed by atoms with Gasteiger partial charge in [0.2, 0.25) is 0 Å². The Hall–Kier alpha value is -1.36. The van der Waals surface area contributed by atoms with Gasteiger partial charge in [-0.3, -0.25) is 5.84 Å². The largest absolute Gasteiger partial charge is 0.459 e. The fourth-order valence-corrected chi connectivity index (χ4v) is 2.26. The first-order valence-electron chi connectivity index (χ1n) is 6.96. The van der Waals surface area contributed by atoms with Crippen molar-refractivity contribution in [2.24, 2.45) is 5.84 Å². The van der Waals surface area contributed by atoms with E-state index in [-0.39, 0.29) is 11.6 Å². The minimum atomic E-state index is -0.155. The van der Waals surface area contributed by atoms with Crippen LogP contribution in [0.15, 0.2) is 28.7 Å². The fourth-order valence-electron chi connectivity index (χ4n) is 2.26. The predicted octanol–water partition coefficient (Wildman–Crippen LogP) is 3.45. The lowest BCUT2D eigenvalue weighted by molar-refractivity contribution is 0.0112. The van der Waals surface area contributed by atoms with Gasteiger partial charge in [0, 0.05) is 12.5 Å². The Morgan fingerprint density at radius 3 is 2.75 bits per heavy atom. The van der Waals surface area contributed by atoms with Crippen LogP contribution in [-0.4, -0.2) is 12.7 Å². The lowest BCUT2D eigenvalue weighted by Crippen LogP contribution is -2.31. The van der Waals surface area contributed by atoms with Crippen LogP contribution in [0.5, 0.6) is 0 Å². The van der Waals surface area contributed by atoms with Crippen molar-refractivity contribution in [2.75, 3.05) is 7.11 Å². The van der Waals surface area contributed by atoms with E-state index in [4.69, 9.17) is 15.0 Å². The van der Waals surface area contributed by atoms with Gasteiger partial charge in [-0.25, -0.2) is 5.43 Å². The van der Waals surface area contributed by atoms with Crippen molar-refractivity contribution in [1.29, 1.82) is 0 Å². The van der Waals surface area contributed by atoms with E-state index in [1.807, 2.05) is 6.07 Å². The molecule has 3 N–H and O–H groups in total. The second-order valence-corrected chi connectivity index (χ2v) is 5.91. The molecule has 1 aromatic heterocycles. The third-order valence-corrected chi connectivity index (χ3v) is 3.82. The maximum Gasteiger partial charge on any atom is 0.134 e. The van der Waals surface area contributed by atoms with Crippen molar-refractivity contribution in [2.45, 2.75) is 45.3 Å². The summed E-state index contributed by atoms with van der Waals surface area (Å²) < 4.78 is 11.3. The first-order chi connectivity index (χ1) is 9.45. The molecule has 0 aliphatic heterocycles. The molecule has 0 aliphatic carbocycles. The van der Waals surface area contributed by atoms with Crippen LogP contribution in [0.25, 0.3) is 11.0 Å². The number of hydrogen-bond donors (Lipinski definition) is 2. The van der Waals surface area contributed by atoms with Gasteiger partial charge in [-0.1, -0.05) is 11.6 Å². The maximum absolute atomic E-state index is 5.89. The molecule has 0 radical (unpaired) electrons. The Bertz CT molecular complexity index is 575. The molecule has 0 bridgehead atoms. The van der Waals surface area contributed by atoms with Gasteiger partial charge in [0.05, 0.1) is 11.6 Å². The minimum Gasteiger partial charge on any atom is -0.459 e. The molecule has 0 saturated heterocycles. The summed E-state index contributed by atoms with van der Waals surface area (Å²) in [6.07, 6.45) is 1.75. The van der Waals surface area contributed by atoms with Gasteiger partial charge in [-0.2, -0.15) is 0 Å². The van der Waals surface area contributed by atoms with Gasteiger partial charge in [0.15, 0.2) is 0 Å². The zero-order chi connectivity index (χ0) is 14.8. The van der Waals surface area contributed by atoms with E-state index in [0.717, 1.165) is 29.6 Å². The summed E-state index contributed by atoms with van der Waals surface area (Å²) in [6.45, 7) is 6.22. The summed E-state index contributed by atoms with van der Waals surface area (Å²) in [5, 5.41) is 1.12. The molecule has 0 spiro atoms. The van der Waals surface area contributed by atoms with Gasteiger partial charge < -0.3 is 9.15 Å². The SMILES string of the molecule is COC(C)(C)CCC(NN)c1cc2cc(C)ccc2o1. The van der Waals surface area contributed by atoms with E-state index in [9.17, 15) is 0 Å². The molecule has 4 nitrogen and oxygen atoms in total. The molecule has 4 heteroatoms. The van der Waals surface area contributed by atoms with Crippen molar-refractivity contribution in [3.8, 4) is 0 Å². The molecule has 0 saturated carbocycles. The van der Waals surface area contributed by atoms with Crippen molar-refractivity contribution in [3.05, 3.63) is 35.6 Å². The molecule has 2 rings (SSSR count). The van der Waals surface area contributed by atoms with Gasteiger partial charge >= 0.3 is 0 Å². The topological polar surface area (TPSA) is 60.4 Å². The molecule has 0 fully saturated rings. The lowest BCUT2D eigenvalue weighted by atomic mass is 9.98. The molecule has 1 unspecified atom stereocenters. The van der Waals surface area contributed by atoms with E-state index in [1.54, 1.807) is 7.11 Å². The molecule has 1 atom stereocenters. The second kappa shape index (κ2) is 5.95. The molecule has 20 heavy (non-hydrogen) atoms. The molecule has 2 aromatic rings. The van der Waals surface area contributed by atoms with Crippen molar-refractivity contribution < 1.29 is 9.15 Å². The Labute approximate surface area is 120 Å². The number of ether oxygens (including phenoxy) is 1. The smallest absolute Gasteiger partial charge is 0.134 e. The van der Waals surface area contributed by atoms with Gasteiger partial charge in [-0.15, -0.1) is 0 Å². The van der Waals surface area contributed by atoms with E-state index >= 15 is 0 Å². The zero-order valence-electron chi connectivity index (χ0n) is 12.7. The number of nitrogens with two attached hydrogens (primary N) is 1. The Balaban J connectivity index is 2.17. The van der Waals surface area contributed by atoms with Crippen LogP contribution in [0.1, 0.15) is 44.1 Å². The van der Waals surface area contributed by atoms with Crippen molar-refractivity contribution in [3.63, 3.8) is 0 Å². The zero-order valence-corrected chi connectivity index (χ0v) is 12.7. The number of aryl methyl sites for hydroxylation is 1. The van der Waals surface area contributed by atoms with E-state index < -0.39 is 0 Å². The van der Waals surface area contributed by atoms with Gasteiger partial charge in [-0.05, 0) is 51.8 Å². The van der Waals surface area contributed by atoms with Crippen molar-refractivity contribution in [1.82, 2.24) is 5.43 Å². The highest BCUT2D eigenvalue weighted by atomic mass is 16.5. The second-order valence-electron chi connectivity index (χ2n) is 5.91. The Morgan fingerprint density at radius 1 is 1.35 bits per heavy atom. The molecule has 0 amide bonds. The summed E-state index contributed by atoms with van der Waals surface area (Å²) in [6, 6.07) is 8.23. The van der Waals surface area contributed by atoms with E-state index in [1.165, 1.54) is 5.56 Å². The highest BCUT2D eigenvalue weighted by Gasteiger charge is 2.21. The van der Waals surface area contributed by atoms with Gasteiger partial charge in [0.1, 0.15) is 11.3 Å². The van der Waals surface area contributed by atoms with Crippen LogP contribution in [-0.2, 0) is 4.74 Å². The normalized spacial score (nSPS) is 13.8. The number of methoxy groups -OCH3 is 1. The number of hydrazine groups is 1. The monoisotopic (exact) mass is 276 g/mol. The predicted molar refractivity (Wildman–Crippen MR) is 81.3 cm³/mol. The third kappa shape index (κ3) is 3.39. The van der Waals surface area contributed by atoms with E-state index in [2.05, 4.69) is 44.4 Å².